The molecule has 2 unspecified atom stereocenters. The molecule has 2 saturated heterocycles. The molecule has 30 heavy (non-hydrogen) atoms. The molecule has 0 radical (unpaired) electrons. The summed E-state index contributed by atoms with van der Waals surface area (Å²) in [5, 5.41) is 0.768. The number of carbonyl (C=O) groups excluding carboxylic acids is 1. The maximum Gasteiger partial charge on any atom is 0.233 e. The first-order chi connectivity index (χ1) is 14.8. The number of para-hydroxylation sites is 1. The highest BCUT2D eigenvalue weighted by Gasteiger charge is 2.34. The van der Waals surface area contributed by atoms with Gasteiger partial charge in [-0.05, 0) is 43.9 Å². The van der Waals surface area contributed by atoms with E-state index in [1.54, 1.807) is 23.7 Å². The van der Waals surface area contributed by atoms with Gasteiger partial charge in [0.15, 0.2) is 5.13 Å². The summed E-state index contributed by atoms with van der Waals surface area (Å²) in [6, 6.07) is 9.86. The third kappa shape index (κ3) is 4.02. The lowest BCUT2D eigenvalue weighted by Crippen LogP contribution is -2.47. The number of ether oxygens (including phenoxy) is 1. The van der Waals surface area contributed by atoms with Gasteiger partial charge in [0, 0.05) is 32.1 Å². The Labute approximate surface area is 179 Å². The van der Waals surface area contributed by atoms with Gasteiger partial charge < -0.3 is 9.64 Å². The standard InChI is InChI=1S/C22H25N5O2S/c28-20(16-6-3-12-26(14-16)21-23-10-5-11-24-21)27(15-17-7-4-13-29-17)22-25-18-8-1-2-9-19(18)30-22/h1-2,5,8-11,16-17H,3-4,6-7,12-15H2. The number of hydrogen-bond acceptors (Lipinski definition) is 7. The smallest absolute Gasteiger partial charge is 0.233 e. The summed E-state index contributed by atoms with van der Waals surface area (Å²) < 4.78 is 6.96. The van der Waals surface area contributed by atoms with Crippen molar-refractivity contribution in [2.75, 3.05) is 36.0 Å². The minimum Gasteiger partial charge on any atom is -0.376 e. The fraction of sp³-hybridized carbons (Fsp3) is 0.455. The summed E-state index contributed by atoms with van der Waals surface area (Å²) in [6.07, 6.45) is 7.44. The molecular weight excluding hydrogens is 398 g/mol. The summed E-state index contributed by atoms with van der Waals surface area (Å²) in [5.74, 6) is 0.724. The average molecular weight is 424 g/mol. The fourth-order valence-electron chi connectivity index (χ4n) is 4.27. The number of hydrogen-bond donors (Lipinski definition) is 0. The molecule has 156 valence electrons. The molecule has 1 amide bonds. The molecule has 4 heterocycles. The van der Waals surface area contributed by atoms with Gasteiger partial charge in [-0.15, -0.1) is 0 Å². The Kier molecular flexibility index (Phi) is 5.59. The van der Waals surface area contributed by atoms with Gasteiger partial charge in [0.05, 0.1) is 28.8 Å². The third-order valence-electron chi connectivity index (χ3n) is 5.80. The predicted octanol–water partition coefficient (Wildman–Crippen LogP) is 3.51. The number of benzene rings is 1. The molecule has 2 aromatic heterocycles. The molecule has 1 aromatic carbocycles. The van der Waals surface area contributed by atoms with Gasteiger partial charge in [-0.1, -0.05) is 23.5 Å². The summed E-state index contributed by atoms with van der Waals surface area (Å²) in [5.41, 5.74) is 0.936. The maximum absolute atomic E-state index is 13.7. The van der Waals surface area contributed by atoms with Gasteiger partial charge in [0.2, 0.25) is 11.9 Å². The molecule has 2 aliphatic heterocycles. The third-order valence-corrected chi connectivity index (χ3v) is 6.85. The van der Waals surface area contributed by atoms with Crippen LogP contribution in [0.1, 0.15) is 25.7 Å². The van der Waals surface area contributed by atoms with Crippen LogP contribution in [0.2, 0.25) is 0 Å². The Hall–Kier alpha value is -2.58. The van der Waals surface area contributed by atoms with E-state index in [4.69, 9.17) is 9.72 Å². The molecular formula is C22H25N5O2S. The summed E-state index contributed by atoms with van der Waals surface area (Å²) in [7, 11) is 0. The second kappa shape index (κ2) is 8.65. The van der Waals surface area contributed by atoms with Crippen molar-refractivity contribution in [2.45, 2.75) is 31.8 Å². The molecule has 7 nitrogen and oxygen atoms in total. The minimum absolute atomic E-state index is 0.0816. The number of amides is 1. The summed E-state index contributed by atoms with van der Waals surface area (Å²) >= 11 is 1.58. The first-order valence-electron chi connectivity index (χ1n) is 10.6. The van der Waals surface area contributed by atoms with Gasteiger partial charge >= 0.3 is 0 Å². The van der Waals surface area contributed by atoms with E-state index in [-0.39, 0.29) is 17.9 Å². The number of carbonyl (C=O) groups is 1. The molecule has 0 bridgehead atoms. The van der Waals surface area contributed by atoms with Crippen molar-refractivity contribution in [3.05, 3.63) is 42.7 Å². The second-order valence-corrected chi connectivity index (χ2v) is 8.89. The zero-order valence-corrected chi connectivity index (χ0v) is 17.6. The van der Waals surface area contributed by atoms with E-state index >= 15 is 0 Å². The lowest BCUT2D eigenvalue weighted by Gasteiger charge is -2.34. The number of nitrogens with zero attached hydrogens (tertiary/aromatic N) is 5. The Morgan fingerprint density at radius 1 is 1.17 bits per heavy atom. The summed E-state index contributed by atoms with van der Waals surface area (Å²) in [6.45, 7) is 2.85. The lowest BCUT2D eigenvalue weighted by molar-refractivity contribution is -0.123. The van der Waals surface area contributed by atoms with Crippen molar-refractivity contribution in [2.24, 2.45) is 5.92 Å². The second-order valence-electron chi connectivity index (χ2n) is 7.88. The van der Waals surface area contributed by atoms with Crippen LogP contribution in [-0.4, -0.2) is 53.2 Å². The molecule has 3 aromatic rings. The lowest BCUT2D eigenvalue weighted by atomic mass is 9.96. The first-order valence-corrected chi connectivity index (χ1v) is 11.4. The van der Waals surface area contributed by atoms with Crippen LogP contribution in [0.15, 0.2) is 42.7 Å². The molecule has 0 spiro atoms. The highest BCUT2D eigenvalue weighted by Crippen LogP contribution is 2.32. The van der Waals surface area contributed by atoms with E-state index in [1.807, 2.05) is 29.2 Å². The minimum atomic E-state index is -0.101. The molecule has 2 fully saturated rings. The molecule has 5 rings (SSSR count). The molecule has 2 atom stereocenters. The predicted molar refractivity (Wildman–Crippen MR) is 118 cm³/mol. The van der Waals surface area contributed by atoms with Gasteiger partial charge in [-0.2, -0.15) is 0 Å². The fourth-order valence-corrected chi connectivity index (χ4v) is 5.25. The topological polar surface area (TPSA) is 71.5 Å². The highest BCUT2D eigenvalue weighted by atomic mass is 32.1. The number of anilines is 2. The monoisotopic (exact) mass is 423 g/mol. The Morgan fingerprint density at radius 3 is 2.83 bits per heavy atom. The van der Waals surface area contributed by atoms with Crippen LogP contribution in [0, 0.1) is 5.92 Å². The Balaban J connectivity index is 1.40. The molecule has 0 saturated carbocycles. The normalized spacial score (nSPS) is 21.8. The number of thiazole rings is 1. The van der Waals surface area contributed by atoms with E-state index in [1.165, 1.54) is 0 Å². The largest absolute Gasteiger partial charge is 0.376 e. The van der Waals surface area contributed by atoms with Crippen LogP contribution in [0.3, 0.4) is 0 Å². The highest BCUT2D eigenvalue weighted by molar-refractivity contribution is 7.22. The van der Waals surface area contributed by atoms with Crippen LogP contribution in [-0.2, 0) is 9.53 Å². The molecule has 0 N–H and O–H groups in total. The molecule has 2 aliphatic rings. The van der Waals surface area contributed by atoms with Crippen LogP contribution < -0.4 is 9.80 Å². The van der Waals surface area contributed by atoms with E-state index in [0.29, 0.717) is 19.0 Å². The zero-order valence-electron chi connectivity index (χ0n) is 16.8. The van der Waals surface area contributed by atoms with Crippen molar-refractivity contribution in [1.29, 1.82) is 0 Å². The van der Waals surface area contributed by atoms with E-state index < -0.39 is 0 Å². The maximum atomic E-state index is 13.7. The zero-order chi connectivity index (χ0) is 20.3. The number of rotatable bonds is 5. The van der Waals surface area contributed by atoms with Crippen LogP contribution in [0.25, 0.3) is 10.2 Å². The SMILES string of the molecule is O=C(C1CCCN(c2ncccn2)C1)N(CC1CCCO1)c1nc2ccccc2s1. The van der Waals surface area contributed by atoms with E-state index in [0.717, 1.165) is 54.2 Å². The number of fused-ring (bicyclic) bond motifs is 1. The van der Waals surface area contributed by atoms with Gasteiger partial charge in [0.1, 0.15) is 0 Å². The number of aromatic nitrogens is 3. The van der Waals surface area contributed by atoms with Crippen LogP contribution >= 0.6 is 11.3 Å². The van der Waals surface area contributed by atoms with E-state index in [2.05, 4.69) is 20.9 Å². The van der Waals surface area contributed by atoms with E-state index in [9.17, 15) is 4.79 Å². The molecule has 0 aliphatic carbocycles. The van der Waals surface area contributed by atoms with Gasteiger partial charge in [0.25, 0.3) is 0 Å². The van der Waals surface area contributed by atoms with Crippen LogP contribution in [0.5, 0.6) is 0 Å². The van der Waals surface area contributed by atoms with Crippen molar-refractivity contribution >= 4 is 38.5 Å². The van der Waals surface area contributed by atoms with Crippen molar-refractivity contribution < 1.29 is 9.53 Å². The van der Waals surface area contributed by atoms with Crippen LogP contribution in [0.4, 0.5) is 11.1 Å². The average Bonchev–Trinajstić information content (AvgIpc) is 3.47. The first kappa shape index (κ1) is 19.4. The van der Waals surface area contributed by atoms with Gasteiger partial charge in [-0.25, -0.2) is 15.0 Å². The van der Waals surface area contributed by atoms with Crippen molar-refractivity contribution in [3.8, 4) is 0 Å². The quantitative estimate of drug-likeness (QED) is 0.625. The summed E-state index contributed by atoms with van der Waals surface area (Å²) in [4.78, 5) is 31.2. The number of piperidine rings is 1. The Morgan fingerprint density at radius 2 is 2.03 bits per heavy atom. The van der Waals surface area contributed by atoms with Gasteiger partial charge in [-0.3, -0.25) is 9.69 Å². The molecule has 8 heteroatoms. The Bertz CT molecular complexity index is 972. The van der Waals surface area contributed by atoms with Crippen molar-refractivity contribution in [1.82, 2.24) is 15.0 Å². The van der Waals surface area contributed by atoms with Crippen molar-refractivity contribution in [3.63, 3.8) is 0 Å².